The molecule has 0 aliphatic heterocycles. The fourth-order valence-electron chi connectivity index (χ4n) is 2.30. The van der Waals surface area contributed by atoms with E-state index in [2.05, 4.69) is 44.1 Å². The van der Waals surface area contributed by atoms with Crippen LogP contribution < -0.4 is 29.6 Å². The molecule has 0 spiro atoms. The summed E-state index contributed by atoms with van der Waals surface area (Å²) in [5.74, 6) is 0. The molecule has 0 saturated carbocycles. The molecule has 0 N–H and O–H groups in total. The van der Waals surface area contributed by atoms with Crippen LogP contribution in [0.1, 0.15) is 10.0 Å². The minimum absolute atomic E-state index is 0. The van der Waals surface area contributed by atoms with Crippen molar-refractivity contribution in [2.24, 2.45) is 0 Å². The van der Waals surface area contributed by atoms with Crippen LogP contribution >= 0.6 is 38.6 Å². The molecule has 30 heavy (non-hydrogen) atoms. The summed E-state index contributed by atoms with van der Waals surface area (Å²) >= 11 is 6.70. The average Bonchev–Trinajstić information content (AvgIpc) is 3.47. The first-order chi connectivity index (χ1) is 14.3. The van der Waals surface area contributed by atoms with Crippen molar-refractivity contribution in [3.63, 3.8) is 0 Å². The Hall–Kier alpha value is -1.84. The zero-order chi connectivity index (χ0) is 20.9. The fourth-order valence-corrected chi connectivity index (χ4v) is 4.42. The zero-order valence-electron chi connectivity index (χ0n) is 16.3. The van der Waals surface area contributed by atoms with Crippen LogP contribution in [-0.4, -0.2) is 9.97 Å². The Morgan fingerprint density at radius 2 is 1.23 bits per heavy atom. The van der Waals surface area contributed by atoms with Gasteiger partial charge in [-0.05, 0) is 11.1 Å². The van der Waals surface area contributed by atoms with Gasteiger partial charge in [0, 0.05) is 12.4 Å². The predicted molar refractivity (Wildman–Crippen MR) is 122 cm³/mol. The predicted octanol–water partition coefficient (Wildman–Crippen LogP) is 3.68. The molecule has 0 atom stereocenters. The quantitative estimate of drug-likeness (QED) is 0.242. The van der Waals surface area contributed by atoms with E-state index >= 15 is 0 Å². The molecular formula is C22H16BrN4NaS2. The number of aromatic nitrogens is 2. The van der Waals surface area contributed by atoms with Crippen LogP contribution in [0.2, 0.25) is 0 Å². The fraction of sp³-hybridized carbons (Fsp3) is 0.0909. The van der Waals surface area contributed by atoms with Gasteiger partial charge in [0.1, 0.15) is 10.0 Å². The molecule has 2 heterocycles. The Bertz CT molecular complexity index is 1060. The second kappa shape index (κ2) is 15.0. The van der Waals surface area contributed by atoms with Crippen molar-refractivity contribution in [3.05, 3.63) is 89.6 Å². The van der Waals surface area contributed by atoms with Gasteiger partial charge in [0.25, 0.3) is 0 Å². The number of benzene rings is 2. The van der Waals surface area contributed by atoms with Crippen LogP contribution in [0, 0.1) is 23.2 Å². The van der Waals surface area contributed by atoms with E-state index in [1.54, 1.807) is 22.7 Å². The maximum atomic E-state index is 8.52. The maximum Gasteiger partial charge on any atom is 1.00 e. The second-order valence-electron chi connectivity index (χ2n) is 5.44. The van der Waals surface area contributed by atoms with Gasteiger partial charge >= 0.3 is 29.6 Å². The summed E-state index contributed by atoms with van der Waals surface area (Å²) < 4.78 is 0. The molecule has 8 heteroatoms. The summed E-state index contributed by atoms with van der Waals surface area (Å²) in [4.78, 5) is 10.8. The summed E-state index contributed by atoms with van der Waals surface area (Å²) in [6.07, 6.45) is 4.15. The summed E-state index contributed by atoms with van der Waals surface area (Å²) in [5.41, 5.74) is 2.40. The van der Waals surface area contributed by atoms with Gasteiger partial charge in [0.2, 0.25) is 0 Å². The van der Waals surface area contributed by atoms with Gasteiger partial charge < -0.3 is 11.8 Å². The first-order valence-corrected chi connectivity index (χ1v) is 11.2. The Balaban J connectivity index is 0.000000270. The van der Waals surface area contributed by atoms with Gasteiger partial charge in [-0.3, -0.25) is 0 Å². The molecule has 0 radical (unpaired) electrons. The molecule has 144 valence electrons. The number of alkyl halides is 1. The standard InChI is InChI=1S/C11H8N2S.C10H8BrNS.CN.Na/c12-7-6-11-13-8-10(14-11)9-4-2-1-3-5-9;11-6-10-12-7-9(13-10)8-4-2-1-3-5-8;1-2;/h1-5,8H,6H2;1-5,7H,6H2;;/q;;-1;+1. The van der Waals surface area contributed by atoms with E-state index in [1.165, 1.54) is 10.4 Å². The number of hydrogen-bond donors (Lipinski definition) is 0. The summed E-state index contributed by atoms with van der Waals surface area (Å²) in [6.45, 7) is 4.75. The average molecular weight is 503 g/mol. The second-order valence-corrected chi connectivity index (χ2v) is 8.23. The van der Waals surface area contributed by atoms with E-state index in [0.717, 1.165) is 25.8 Å². The molecular weight excluding hydrogens is 487 g/mol. The van der Waals surface area contributed by atoms with Gasteiger partial charge in [-0.1, -0.05) is 76.6 Å². The topological polar surface area (TPSA) is 73.4 Å². The molecule has 4 rings (SSSR count). The third-order valence-electron chi connectivity index (χ3n) is 3.57. The Morgan fingerprint density at radius 3 is 1.63 bits per heavy atom. The van der Waals surface area contributed by atoms with Gasteiger partial charge in [-0.2, -0.15) is 5.26 Å². The van der Waals surface area contributed by atoms with E-state index in [9.17, 15) is 0 Å². The normalized spacial score (nSPS) is 9.00. The number of halogens is 1. The first kappa shape index (κ1) is 26.2. The van der Waals surface area contributed by atoms with Gasteiger partial charge in [0.15, 0.2) is 0 Å². The summed E-state index contributed by atoms with van der Waals surface area (Å²) in [5, 5.41) is 17.6. The monoisotopic (exact) mass is 502 g/mol. The molecule has 0 bridgehead atoms. The molecule has 0 aliphatic carbocycles. The van der Waals surface area contributed by atoms with Crippen LogP contribution in [0.25, 0.3) is 20.9 Å². The molecule has 0 fully saturated rings. The molecule has 2 aromatic heterocycles. The number of rotatable bonds is 4. The smallest absolute Gasteiger partial charge is 0.512 e. The minimum Gasteiger partial charge on any atom is -0.512 e. The SMILES string of the molecule is BrCc1ncc(-c2ccccc2)s1.N#CCc1ncc(-c2ccccc2)s1.[C-]#N.[Na+]. The van der Waals surface area contributed by atoms with Crippen molar-refractivity contribution in [1.29, 1.82) is 10.5 Å². The van der Waals surface area contributed by atoms with E-state index in [0.29, 0.717) is 6.42 Å². The van der Waals surface area contributed by atoms with Crippen LogP contribution in [0.3, 0.4) is 0 Å². The van der Waals surface area contributed by atoms with Crippen molar-refractivity contribution >= 4 is 38.6 Å². The molecule has 0 saturated heterocycles. The maximum absolute atomic E-state index is 8.52. The van der Waals surface area contributed by atoms with E-state index in [1.807, 2.05) is 60.9 Å². The van der Waals surface area contributed by atoms with Crippen molar-refractivity contribution in [1.82, 2.24) is 9.97 Å². The molecule has 2 aromatic carbocycles. The van der Waals surface area contributed by atoms with E-state index in [4.69, 9.17) is 17.1 Å². The zero-order valence-corrected chi connectivity index (χ0v) is 21.5. The molecule has 0 unspecified atom stereocenters. The first-order valence-electron chi connectivity index (χ1n) is 8.45. The number of thiazole rings is 2. The van der Waals surface area contributed by atoms with Crippen LogP contribution in [0.15, 0.2) is 73.1 Å². The van der Waals surface area contributed by atoms with E-state index < -0.39 is 0 Å². The van der Waals surface area contributed by atoms with Crippen LogP contribution in [-0.2, 0) is 11.8 Å². The molecule has 0 aliphatic rings. The van der Waals surface area contributed by atoms with Crippen molar-refractivity contribution in [3.8, 4) is 27.0 Å². The minimum atomic E-state index is 0. The van der Waals surface area contributed by atoms with Gasteiger partial charge in [-0.15, -0.1) is 22.7 Å². The summed E-state index contributed by atoms with van der Waals surface area (Å²) in [7, 11) is 0. The molecule has 4 aromatic rings. The van der Waals surface area contributed by atoms with E-state index in [-0.39, 0.29) is 29.6 Å². The largest absolute Gasteiger partial charge is 1.00 e. The number of nitriles is 1. The Kier molecular flexibility index (Phi) is 13.1. The molecule has 4 nitrogen and oxygen atoms in total. The third kappa shape index (κ3) is 8.12. The van der Waals surface area contributed by atoms with Crippen molar-refractivity contribution in [2.75, 3.05) is 0 Å². The van der Waals surface area contributed by atoms with Crippen molar-refractivity contribution < 1.29 is 29.6 Å². The Labute approximate surface area is 215 Å². The van der Waals surface area contributed by atoms with Crippen molar-refractivity contribution in [2.45, 2.75) is 11.8 Å². The van der Waals surface area contributed by atoms with Gasteiger partial charge in [-0.25, -0.2) is 9.97 Å². The summed E-state index contributed by atoms with van der Waals surface area (Å²) in [6, 6.07) is 22.5. The van der Waals surface area contributed by atoms with Crippen LogP contribution in [0.5, 0.6) is 0 Å². The molecule has 0 amide bonds. The Morgan fingerprint density at radius 1 is 0.800 bits per heavy atom. The number of hydrogen-bond acceptors (Lipinski definition) is 6. The number of nitrogens with zero attached hydrogens (tertiary/aromatic N) is 4. The third-order valence-corrected chi connectivity index (χ3v) is 6.56. The van der Waals surface area contributed by atoms with Gasteiger partial charge in [0.05, 0.1) is 27.6 Å². The van der Waals surface area contributed by atoms with Crippen LogP contribution in [0.4, 0.5) is 0 Å².